The first-order valence-electron chi connectivity index (χ1n) is 5.40. The average molecular weight is 299 g/mol. The molecule has 0 aromatic carbocycles. The minimum atomic E-state index is -4.56. The maximum Gasteiger partial charge on any atom is 0.585 e. The Morgan fingerprint density at radius 2 is 1.85 bits per heavy atom. The largest absolute Gasteiger partial charge is 0.585 e. The molecule has 2 rings (SSSR count). The second-order valence-corrected chi connectivity index (χ2v) is 5.16. The van der Waals surface area contributed by atoms with Gasteiger partial charge in [-0.05, 0) is 0 Å². The van der Waals surface area contributed by atoms with E-state index in [-0.39, 0.29) is 17.2 Å². The second-order valence-electron chi connectivity index (χ2n) is 3.85. The summed E-state index contributed by atoms with van der Waals surface area (Å²) in [5.74, 6) is -1.21. The number of aromatic hydroxyl groups is 2. The summed E-state index contributed by atoms with van der Waals surface area (Å²) in [5.41, 5.74) is 0. The fourth-order valence-corrected chi connectivity index (χ4v) is 2.21. The third-order valence-corrected chi connectivity index (χ3v) is 3.08. The molecule has 0 aliphatic heterocycles. The third-order valence-electron chi connectivity index (χ3n) is 2.23. The van der Waals surface area contributed by atoms with Gasteiger partial charge in [0, 0.05) is 18.3 Å². The zero-order chi connectivity index (χ0) is 14.8. The van der Waals surface area contributed by atoms with Crippen molar-refractivity contribution in [1.29, 1.82) is 0 Å². The molecule has 2 aromatic rings. The Bertz CT molecular complexity index is 678. The summed E-state index contributed by atoms with van der Waals surface area (Å²) < 4.78 is 22.8. The predicted molar refractivity (Wildman–Crippen MR) is 66.3 cm³/mol. The molecule has 2 aromatic heterocycles. The van der Waals surface area contributed by atoms with Crippen molar-refractivity contribution in [2.75, 3.05) is 0 Å². The van der Waals surface area contributed by atoms with E-state index in [1.54, 1.807) is 7.05 Å². The number of phosphoric ester groups is 1. The van der Waals surface area contributed by atoms with Crippen molar-refractivity contribution >= 4 is 7.82 Å². The number of aryl methyl sites for hydroxylation is 1. The van der Waals surface area contributed by atoms with E-state index in [0.29, 0.717) is 0 Å². The Morgan fingerprint density at radius 1 is 1.20 bits per heavy atom. The lowest BCUT2D eigenvalue weighted by Gasteiger charge is -2.14. The molecule has 0 saturated carbocycles. The smallest absolute Gasteiger partial charge is 0.503 e. The highest BCUT2D eigenvalue weighted by atomic mass is 31.2. The molecular formula is C11H12N2O6P+. The molecule has 1 atom stereocenters. The maximum atomic E-state index is 11.8. The van der Waals surface area contributed by atoms with Gasteiger partial charge in [0.15, 0.2) is 23.4 Å². The van der Waals surface area contributed by atoms with Crippen LogP contribution in [0.3, 0.4) is 0 Å². The molecule has 9 heteroatoms. The van der Waals surface area contributed by atoms with E-state index in [4.69, 9.17) is 9.05 Å². The predicted octanol–water partition coefficient (Wildman–Crippen LogP) is 0.875. The van der Waals surface area contributed by atoms with Crippen LogP contribution >= 0.6 is 7.82 Å². The molecule has 3 N–H and O–H groups in total. The average Bonchev–Trinajstić information content (AvgIpc) is 2.35. The van der Waals surface area contributed by atoms with Crippen molar-refractivity contribution in [1.82, 2.24) is 4.98 Å². The van der Waals surface area contributed by atoms with Gasteiger partial charge in [0.25, 0.3) is 0 Å². The first-order valence-corrected chi connectivity index (χ1v) is 6.90. The van der Waals surface area contributed by atoms with Gasteiger partial charge in [-0.2, -0.15) is 0 Å². The molecule has 106 valence electrons. The van der Waals surface area contributed by atoms with Crippen molar-refractivity contribution in [3.63, 3.8) is 0 Å². The van der Waals surface area contributed by atoms with Gasteiger partial charge in [-0.25, -0.2) is 9.13 Å². The Balaban J connectivity index is 2.19. The second kappa shape index (κ2) is 5.36. The zero-order valence-electron chi connectivity index (χ0n) is 10.4. The Hall–Kier alpha value is -2.31. The van der Waals surface area contributed by atoms with Gasteiger partial charge in [0.1, 0.15) is 7.05 Å². The van der Waals surface area contributed by atoms with Gasteiger partial charge in [-0.1, -0.05) is 0 Å². The third kappa shape index (κ3) is 3.37. The van der Waals surface area contributed by atoms with Crippen LogP contribution in [-0.4, -0.2) is 20.1 Å². The summed E-state index contributed by atoms with van der Waals surface area (Å²) in [5, 5.41) is 19.0. The van der Waals surface area contributed by atoms with Crippen molar-refractivity contribution in [3.05, 3.63) is 36.9 Å². The van der Waals surface area contributed by atoms with E-state index >= 15 is 0 Å². The number of aromatic nitrogens is 2. The quantitative estimate of drug-likeness (QED) is 0.567. The molecule has 20 heavy (non-hydrogen) atoms. The molecule has 1 unspecified atom stereocenters. The Kier molecular flexibility index (Phi) is 3.78. The molecule has 0 aliphatic rings. The molecule has 0 fully saturated rings. The lowest BCUT2D eigenvalue weighted by Crippen LogP contribution is -2.25. The lowest BCUT2D eigenvalue weighted by atomic mass is 10.4. The van der Waals surface area contributed by atoms with Crippen LogP contribution < -0.4 is 13.6 Å². The van der Waals surface area contributed by atoms with E-state index in [2.05, 4.69) is 4.98 Å². The van der Waals surface area contributed by atoms with Crippen molar-refractivity contribution in [2.45, 2.75) is 0 Å². The zero-order valence-corrected chi connectivity index (χ0v) is 11.3. The molecule has 0 bridgehead atoms. The fraction of sp³-hybridized carbons (Fsp3) is 0.0909. The molecule has 0 amide bonds. The summed E-state index contributed by atoms with van der Waals surface area (Å²) >= 11 is 0. The summed E-state index contributed by atoms with van der Waals surface area (Å²) in [7, 11) is -2.90. The highest BCUT2D eigenvalue weighted by molar-refractivity contribution is 7.48. The number of pyridine rings is 2. The van der Waals surface area contributed by atoms with E-state index in [1.165, 1.54) is 35.3 Å². The standard InChI is InChI=1S/C11H11N2O6P/c1-13-5-3-11(9(15)7-13)19-20(16,17)18-10-2-4-12-6-8(10)14/h2-7H,1H3,(H2-,14,15,16,17)/p+1. The van der Waals surface area contributed by atoms with Crippen molar-refractivity contribution in [3.8, 4) is 23.0 Å². The van der Waals surface area contributed by atoms with Crippen LogP contribution in [-0.2, 0) is 11.6 Å². The first-order chi connectivity index (χ1) is 9.37. The number of hydrogen-bond donors (Lipinski definition) is 3. The first kappa shape index (κ1) is 14.1. The van der Waals surface area contributed by atoms with Crippen LogP contribution in [0.5, 0.6) is 23.0 Å². The topological polar surface area (TPSA) is 113 Å². The maximum absolute atomic E-state index is 11.8. The van der Waals surface area contributed by atoms with E-state index < -0.39 is 13.6 Å². The Labute approximate surface area is 114 Å². The van der Waals surface area contributed by atoms with Crippen molar-refractivity contribution in [2.24, 2.45) is 7.05 Å². The summed E-state index contributed by atoms with van der Waals surface area (Å²) in [6.07, 6.45) is 5.13. The van der Waals surface area contributed by atoms with Gasteiger partial charge < -0.3 is 19.3 Å². The van der Waals surface area contributed by atoms with Crippen LogP contribution in [0.1, 0.15) is 0 Å². The van der Waals surface area contributed by atoms with Crippen LogP contribution in [0.25, 0.3) is 0 Å². The van der Waals surface area contributed by atoms with E-state index in [9.17, 15) is 19.7 Å². The highest BCUT2D eigenvalue weighted by Gasteiger charge is 2.28. The number of nitrogens with zero attached hydrogens (tertiary/aromatic N) is 2. The molecular weight excluding hydrogens is 287 g/mol. The molecule has 8 nitrogen and oxygen atoms in total. The lowest BCUT2D eigenvalue weighted by molar-refractivity contribution is -0.671. The van der Waals surface area contributed by atoms with Crippen LogP contribution in [0.2, 0.25) is 0 Å². The van der Waals surface area contributed by atoms with Crippen LogP contribution in [0.15, 0.2) is 36.9 Å². The SMILES string of the molecule is C[n+]1ccc(OP(=O)(O)Oc2ccncc2O)c(O)c1. The van der Waals surface area contributed by atoms with E-state index in [0.717, 1.165) is 6.20 Å². The summed E-state index contributed by atoms with van der Waals surface area (Å²) in [4.78, 5) is 13.2. The number of phosphoric acid groups is 1. The minimum Gasteiger partial charge on any atom is -0.503 e. The van der Waals surface area contributed by atoms with E-state index in [1.807, 2.05) is 0 Å². The normalized spacial score (nSPS) is 13.5. The minimum absolute atomic E-state index is 0.220. The number of hydrogen-bond acceptors (Lipinski definition) is 6. The van der Waals surface area contributed by atoms with Gasteiger partial charge in [-0.3, -0.25) is 9.88 Å². The molecule has 2 heterocycles. The van der Waals surface area contributed by atoms with Crippen molar-refractivity contribution < 1.29 is 33.3 Å². The number of rotatable bonds is 4. The van der Waals surface area contributed by atoms with Crippen LogP contribution in [0, 0.1) is 0 Å². The summed E-state index contributed by atoms with van der Waals surface area (Å²) in [6, 6.07) is 2.50. The highest BCUT2D eigenvalue weighted by Crippen LogP contribution is 2.47. The van der Waals surface area contributed by atoms with Gasteiger partial charge >= 0.3 is 7.82 Å². The van der Waals surface area contributed by atoms with Crippen LogP contribution in [0.4, 0.5) is 0 Å². The van der Waals surface area contributed by atoms with Gasteiger partial charge in [-0.15, -0.1) is 0 Å². The molecule has 0 aliphatic carbocycles. The molecule has 0 saturated heterocycles. The summed E-state index contributed by atoms with van der Waals surface area (Å²) in [6.45, 7) is 0. The molecule has 0 spiro atoms. The Morgan fingerprint density at radius 3 is 2.45 bits per heavy atom. The van der Waals surface area contributed by atoms with Gasteiger partial charge in [0.05, 0.1) is 6.20 Å². The van der Waals surface area contributed by atoms with Gasteiger partial charge in [0.2, 0.25) is 11.9 Å². The monoisotopic (exact) mass is 299 g/mol. The fourth-order valence-electron chi connectivity index (χ4n) is 1.37. The molecule has 0 radical (unpaired) electrons.